The lowest BCUT2D eigenvalue weighted by atomic mass is 10.0. The average molecular weight is 363 g/mol. The molecule has 4 aromatic carbocycles. The minimum atomic E-state index is 0.873. The zero-order valence-corrected chi connectivity index (χ0v) is 16.0. The van der Waals surface area contributed by atoms with Gasteiger partial charge >= 0.3 is 0 Å². The molecule has 0 bridgehead atoms. The van der Waals surface area contributed by atoms with Gasteiger partial charge < -0.3 is 9.64 Å². The van der Waals surface area contributed by atoms with E-state index < -0.39 is 0 Å². The number of para-hydroxylation sites is 1. The molecule has 1 aliphatic rings. The van der Waals surface area contributed by atoms with Crippen LogP contribution in [-0.4, -0.2) is 0 Å². The van der Waals surface area contributed by atoms with Crippen molar-refractivity contribution in [1.29, 1.82) is 0 Å². The van der Waals surface area contributed by atoms with Crippen LogP contribution >= 0.6 is 0 Å². The van der Waals surface area contributed by atoms with E-state index in [0.29, 0.717) is 0 Å². The van der Waals surface area contributed by atoms with Crippen LogP contribution in [0.2, 0.25) is 0 Å². The van der Waals surface area contributed by atoms with Crippen LogP contribution in [-0.2, 0) is 0 Å². The van der Waals surface area contributed by atoms with Crippen LogP contribution in [0.3, 0.4) is 0 Å². The van der Waals surface area contributed by atoms with Gasteiger partial charge in [-0.2, -0.15) is 0 Å². The summed E-state index contributed by atoms with van der Waals surface area (Å²) in [5.74, 6) is 1.75. The molecule has 0 unspecified atom stereocenters. The summed E-state index contributed by atoms with van der Waals surface area (Å²) >= 11 is 0. The predicted molar refractivity (Wildman–Crippen MR) is 116 cm³/mol. The summed E-state index contributed by atoms with van der Waals surface area (Å²) < 4.78 is 6.33. The molecular formula is C26H21NO. The SMILES string of the molecule is Cc1ccc(-c2ccc3c(c2)Oc2ccc(C)cc2N3c2ccccc2)cc1. The monoisotopic (exact) mass is 363 g/mol. The van der Waals surface area contributed by atoms with E-state index in [2.05, 4.69) is 104 Å². The molecule has 4 aromatic rings. The molecule has 0 saturated heterocycles. The van der Waals surface area contributed by atoms with E-state index in [1.165, 1.54) is 16.7 Å². The van der Waals surface area contributed by atoms with Crippen LogP contribution in [0.15, 0.2) is 91.0 Å². The summed E-state index contributed by atoms with van der Waals surface area (Å²) in [6.45, 7) is 4.22. The molecule has 2 nitrogen and oxygen atoms in total. The average Bonchev–Trinajstić information content (AvgIpc) is 2.73. The number of aryl methyl sites for hydroxylation is 2. The maximum Gasteiger partial charge on any atom is 0.152 e. The summed E-state index contributed by atoms with van der Waals surface area (Å²) in [6.07, 6.45) is 0. The first-order valence-electron chi connectivity index (χ1n) is 9.54. The molecule has 0 fully saturated rings. The van der Waals surface area contributed by atoms with E-state index in [0.717, 1.165) is 34.1 Å². The van der Waals surface area contributed by atoms with Crippen LogP contribution < -0.4 is 9.64 Å². The molecule has 0 spiro atoms. The van der Waals surface area contributed by atoms with Crippen LogP contribution in [0.5, 0.6) is 11.5 Å². The van der Waals surface area contributed by atoms with Crippen LogP contribution in [0.25, 0.3) is 11.1 Å². The van der Waals surface area contributed by atoms with Gasteiger partial charge in [0.25, 0.3) is 0 Å². The minimum absolute atomic E-state index is 0.873. The second-order valence-corrected chi connectivity index (χ2v) is 7.29. The van der Waals surface area contributed by atoms with E-state index in [-0.39, 0.29) is 0 Å². The largest absolute Gasteiger partial charge is 0.453 e. The highest BCUT2D eigenvalue weighted by Gasteiger charge is 2.26. The lowest BCUT2D eigenvalue weighted by Gasteiger charge is -2.33. The standard InChI is InChI=1S/C26H21NO/c1-18-8-11-20(12-9-18)21-13-14-23-26(17-21)28-25-15-10-19(2)16-24(25)27(23)22-6-4-3-5-7-22/h3-17H,1-2H3. The van der Waals surface area contributed by atoms with E-state index in [1.807, 2.05) is 6.07 Å². The highest BCUT2D eigenvalue weighted by Crippen LogP contribution is 2.51. The zero-order valence-electron chi connectivity index (χ0n) is 16.0. The van der Waals surface area contributed by atoms with Crippen molar-refractivity contribution in [2.75, 3.05) is 4.90 Å². The first-order chi connectivity index (χ1) is 13.7. The van der Waals surface area contributed by atoms with E-state index >= 15 is 0 Å². The fourth-order valence-corrected chi connectivity index (χ4v) is 3.70. The summed E-state index contributed by atoms with van der Waals surface area (Å²) in [5.41, 5.74) is 8.07. The summed E-state index contributed by atoms with van der Waals surface area (Å²) in [5, 5.41) is 0. The highest BCUT2D eigenvalue weighted by molar-refractivity contribution is 5.88. The molecule has 0 saturated carbocycles. The molecule has 0 aliphatic carbocycles. The van der Waals surface area contributed by atoms with Gasteiger partial charge in [0.1, 0.15) is 0 Å². The van der Waals surface area contributed by atoms with E-state index in [9.17, 15) is 0 Å². The third-order valence-electron chi connectivity index (χ3n) is 5.18. The van der Waals surface area contributed by atoms with E-state index in [4.69, 9.17) is 4.74 Å². The number of anilines is 3. The van der Waals surface area contributed by atoms with Crippen molar-refractivity contribution in [1.82, 2.24) is 0 Å². The maximum atomic E-state index is 6.33. The molecular weight excluding hydrogens is 342 g/mol. The molecule has 0 amide bonds. The van der Waals surface area contributed by atoms with Gasteiger partial charge in [0.05, 0.1) is 11.4 Å². The van der Waals surface area contributed by atoms with Crippen molar-refractivity contribution in [2.45, 2.75) is 13.8 Å². The summed E-state index contributed by atoms with van der Waals surface area (Å²) in [4.78, 5) is 2.28. The van der Waals surface area contributed by atoms with Gasteiger partial charge in [-0.1, -0.05) is 60.2 Å². The number of hydrogen-bond acceptors (Lipinski definition) is 2. The smallest absolute Gasteiger partial charge is 0.152 e. The normalized spacial score (nSPS) is 12.1. The molecule has 1 aliphatic heterocycles. The Hall–Kier alpha value is -3.52. The fraction of sp³-hybridized carbons (Fsp3) is 0.0769. The minimum Gasteiger partial charge on any atom is -0.453 e. The van der Waals surface area contributed by atoms with Crippen molar-refractivity contribution >= 4 is 17.1 Å². The topological polar surface area (TPSA) is 12.5 Å². The Morgan fingerprint density at radius 2 is 1.29 bits per heavy atom. The molecule has 28 heavy (non-hydrogen) atoms. The molecule has 0 radical (unpaired) electrons. The first kappa shape index (κ1) is 16.6. The summed E-state index contributed by atoms with van der Waals surface area (Å²) in [6, 6.07) is 31.9. The molecule has 0 atom stereocenters. The molecule has 2 heteroatoms. The molecule has 1 heterocycles. The summed E-state index contributed by atoms with van der Waals surface area (Å²) in [7, 11) is 0. The first-order valence-corrected chi connectivity index (χ1v) is 9.54. The second-order valence-electron chi connectivity index (χ2n) is 7.29. The van der Waals surface area contributed by atoms with Crippen molar-refractivity contribution in [3.8, 4) is 22.6 Å². The van der Waals surface area contributed by atoms with Crippen molar-refractivity contribution < 1.29 is 4.74 Å². The molecule has 0 aromatic heterocycles. The molecule has 136 valence electrons. The Labute approximate surface area is 165 Å². The Bertz CT molecular complexity index is 1150. The van der Waals surface area contributed by atoms with Gasteiger partial charge in [0.2, 0.25) is 0 Å². The Morgan fingerprint density at radius 1 is 0.571 bits per heavy atom. The number of rotatable bonds is 2. The van der Waals surface area contributed by atoms with Gasteiger partial charge in [-0.05, 0) is 66.9 Å². The number of benzene rings is 4. The van der Waals surface area contributed by atoms with Crippen molar-refractivity contribution in [2.24, 2.45) is 0 Å². The predicted octanol–water partition coefficient (Wildman–Crippen LogP) is 7.55. The third-order valence-corrected chi connectivity index (χ3v) is 5.18. The van der Waals surface area contributed by atoms with Crippen LogP contribution in [0.4, 0.5) is 17.1 Å². The second kappa shape index (κ2) is 6.58. The maximum absolute atomic E-state index is 6.33. The van der Waals surface area contributed by atoms with Gasteiger partial charge in [0.15, 0.2) is 11.5 Å². The van der Waals surface area contributed by atoms with E-state index in [1.54, 1.807) is 0 Å². The Morgan fingerprint density at radius 3 is 2.07 bits per heavy atom. The Balaban J connectivity index is 1.67. The quantitative estimate of drug-likeness (QED) is 0.321. The number of fused-ring (bicyclic) bond motifs is 2. The van der Waals surface area contributed by atoms with Gasteiger partial charge in [-0.15, -0.1) is 0 Å². The van der Waals surface area contributed by atoms with Crippen molar-refractivity contribution in [3.05, 3.63) is 102 Å². The highest BCUT2D eigenvalue weighted by atomic mass is 16.5. The lowest BCUT2D eigenvalue weighted by Crippen LogP contribution is -2.16. The fourth-order valence-electron chi connectivity index (χ4n) is 3.70. The lowest BCUT2D eigenvalue weighted by molar-refractivity contribution is 0.477. The van der Waals surface area contributed by atoms with Gasteiger partial charge in [0, 0.05) is 5.69 Å². The molecule has 5 rings (SSSR count). The number of nitrogens with zero attached hydrogens (tertiary/aromatic N) is 1. The van der Waals surface area contributed by atoms with Crippen LogP contribution in [0.1, 0.15) is 11.1 Å². The van der Waals surface area contributed by atoms with Crippen molar-refractivity contribution in [3.63, 3.8) is 0 Å². The zero-order chi connectivity index (χ0) is 19.1. The van der Waals surface area contributed by atoms with Gasteiger partial charge in [-0.3, -0.25) is 0 Å². The molecule has 0 N–H and O–H groups in total. The third kappa shape index (κ3) is 2.84. The van der Waals surface area contributed by atoms with Gasteiger partial charge in [-0.25, -0.2) is 0 Å². The number of ether oxygens (including phenoxy) is 1. The van der Waals surface area contributed by atoms with Crippen LogP contribution in [0, 0.1) is 13.8 Å². The number of hydrogen-bond donors (Lipinski definition) is 0. The Kier molecular flexibility index (Phi) is 3.91.